The molecule has 4 nitrogen and oxygen atoms in total. The standard InChI is InChI=1S/C19H19ClNO3/c1-11-6-7-12-4-2-3-5-15(12)18(11)19(22)24-17-10-14-8-13(20)9-16(17)21(14)23/h2-7,13-14,16-17H,8-10H2,1H3/t13-,14+,16-,17+/m0/s1. The van der Waals surface area contributed by atoms with Crippen LogP contribution in [-0.4, -0.2) is 34.6 Å². The van der Waals surface area contributed by atoms with Gasteiger partial charge in [0.05, 0.1) is 11.6 Å². The predicted molar refractivity (Wildman–Crippen MR) is 91.5 cm³/mol. The molecule has 0 saturated carbocycles. The number of rotatable bonds is 2. The number of hydrogen-bond donors (Lipinski definition) is 0. The van der Waals surface area contributed by atoms with Gasteiger partial charge in [0.25, 0.3) is 0 Å². The van der Waals surface area contributed by atoms with Gasteiger partial charge in [-0.25, -0.2) is 4.79 Å². The smallest absolute Gasteiger partial charge is 0.339 e. The van der Waals surface area contributed by atoms with Crippen LogP contribution in [0.15, 0.2) is 36.4 Å². The lowest BCUT2D eigenvalue weighted by molar-refractivity contribution is -0.212. The molecule has 4 rings (SSSR count). The minimum absolute atomic E-state index is 0.00630. The van der Waals surface area contributed by atoms with E-state index in [0.29, 0.717) is 24.8 Å². The number of fused-ring (bicyclic) bond motifs is 3. The second-order valence-electron chi connectivity index (χ2n) is 6.81. The molecule has 2 aromatic rings. The molecule has 0 spiro atoms. The van der Waals surface area contributed by atoms with Crippen LogP contribution >= 0.6 is 11.6 Å². The normalized spacial score (nSPS) is 29.8. The van der Waals surface area contributed by atoms with Crippen molar-refractivity contribution in [3.63, 3.8) is 0 Å². The van der Waals surface area contributed by atoms with Crippen molar-refractivity contribution >= 4 is 28.3 Å². The first-order valence-corrected chi connectivity index (χ1v) is 8.77. The number of benzene rings is 2. The molecule has 2 aromatic carbocycles. The molecule has 2 bridgehead atoms. The van der Waals surface area contributed by atoms with Gasteiger partial charge in [-0.1, -0.05) is 36.4 Å². The molecule has 2 heterocycles. The van der Waals surface area contributed by atoms with Gasteiger partial charge in [0.2, 0.25) is 0 Å². The highest BCUT2D eigenvalue weighted by Gasteiger charge is 2.49. The second kappa shape index (κ2) is 6.03. The number of nitrogens with zero attached hydrogens (tertiary/aromatic N) is 1. The molecule has 0 aliphatic carbocycles. The minimum Gasteiger partial charge on any atom is -0.457 e. The van der Waals surface area contributed by atoms with E-state index < -0.39 is 0 Å². The molecule has 2 aliphatic heterocycles. The number of halogens is 1. The second-order valence-corrected chi connectivity index (χ2v) is 7.43. The molecule has 0 unspecified atom stereocenters. The van der Waals surface area contributed by atoms with E-state index in [1.807, 2.05) is 43.3 Å². The van der Waals surface area contributed by atoms with E-state index in [4.69, 9.17) is 16.3 Å². The van der Waals surface area contributed by atoms with Crippen molar-refractivity contribution < 1.29 is 14.7 Å². The fourth-order valence-electron chi connectivity index (χ4n) is 4.05. The summed E-state index contributed by atoms with van der Waals surface area (Å²) in [6, 6.07) is 11.3. The molecule has 0 N–H and O–H groups in total. The Hall–Kier alpha value is -1.62. The first-order chi connectivity index (χ1) is 11.5. The van der Waals surface area contributed by atoms with Gasteiger partial charge in [0.15, 0.2) is 0 Å². The number of carbonyl (C=O) groups excluding carboxylic acids is 1. The number of aryl methyl sites for hydroxylation is 1. The third-order valence-corrected chi connectivity index (χ3v) is 5.60. The Kier molecular flexibility index (Phi) is 3.99. The van der Waals surface area contributed by atoms with Gasteiger partial charge in [-0.05, 0) is 36.1 Å². The summed E-state index contributed by atoms with van der Waals surface area (Å²) in [6.45, 7) is 1.91. The monoisotopic (exact) mass is 344 g/mol. The maximum atomic E-state index is 12.8. The molecule has 2 saturated heterocycles. The number of piperidine rings is 1. The summed E-state index contributed by atoms with van der Waals surface area (Å²) < 4.78 is 5.78. The highest BCUT2D eigenvalue weighted by atomic mass is 35.5. The van der Waals surface area contributed by atoms with E-state index in [-0.39, 0.29) is 29.5 Å². The molecule has 2 aliphatic rings. The molecule has 24 heavy (non-hydrogen) atoms. The van der Waals surface area contributed by atoms with Gasteiger partial charge in [-0.15, -0.1) is 21.9 Å². The van der Waals surface area contributed by atoms with Gasteiger partial charge in [0, 0.05) is 17.8 Å². The molecule has 125 valence electrons. The van der Waals surface area contributed by atoms with Crippen molar-refractivity contribution in [1.82, 2.24) is 5.06 Å². The largest absolute Gasteiger partial charge is 0.457 e. The lowest BCUT2D eigenvalue weighted by Gasteiger charge is -2.30. The van der Waals surface area contributed by atoms with Crippen LogP contribution in [0.1, 0.15) is 35.2 Å². The van der Waals surface area contributed by atoms with Gasteiger partial charge in [-0.2, -0.15) is 0 Å². The summed E-state index contributed by atoms with van der Waals surface area (Å²) in [5.41, 5.74) is 1.48. The van der Waals surface area contributed by atoms with E-state index in [1.165, 1.54) is 0 Å². The highest BCUT2D eigenvalue weighted by Crippen LogP contribution is 2.39. The summed E-state index contributed by atoms with van der Waals surface area (Å²) in [6.07, 6.45) is 1.45. The molecule has 5 heteroatoms. The Labute approximate surface area is 145 Å². The van der Waals surface area contributed by atoms with E-state index in [1.54, 1.807) is 0 Å². The molecular weight excluding hydrogens is 326 g/mol. The average molecular weight is 345 g/mol. The van der Waals surface area contributed by atoms with E-state index in [2.05, 4.69) is 0 Å². The van der Waals surface area contributed by atoms with Crippen LogP contribution in [0.2, 0.25) is 0 Å². The Balaban J connectivity index is 1.63. The van der Waals surface area contributed by atoms with Crippen molar-refractivity contribution in [2.75, 3.05) is 0 Å². The van der Waals surface area contributed by atoms with Crippen LogP contribution in [0.4, 0.5) is 0 Å². The quantitative estimate of drug-likeness (QED) is 0.614. The van der Waals surface area contributed by atoms with Crippen molar-refractivity contribution in [2.24, 2.45) is 0 Å². The molecule has 0 aromatic heterocycles. The highest BCUT2D eigenvalue weighted by molar-refractivity contribution is 6.20. The molecule has 0 amide bonds. The third-order valence-electron chi connectivity index (χ3n) is 5.25. The summed E-state index contributed by atoms with van der Waals surface area (Å²) >= 11 is 6.23. The van der Waals surface area contributed by atoms with Gasteiger partial charge >= 0.3 is 5.97 Å². The number of alkyl halides is 1. The van der Waals surface area contributed by atoms with Crippen LogP contribution in [0.25, 0.3) is 10.8 Å². The Morgan fingerprint density at radius 3 is 2.79 bits per heavy atom. The molecule has 4 atom stereocenters. The number of hydrogen-bond acceptors (Lipinski definition) is 3. The van der Waals surface area contributed by atoms with Crippen LogP contribution in [0.5, 0.6) is 0 Å². The maximum absolute atomic E-state index is 12.8. The lowest BCUT2D eigenvalue weighted by Crippen LogP contribution is -2.43. The number of carbonyl (C=O) groups is 1. The first-order valence-electron chi connectivity index (χ1n) is 8.33. The number of hydroxylamine groups is 2. The fourth-order valence-corrected chi connectivity index (χ4v) is 4.44. The Bertz CT molecular complexity index is 793. The van der Waals surface area contributed by atoms with E-state index in [0.717, 1.165) is 21.4 Å². The molecule has 2 fully saturated rings. The fraction of sp³-hybridized carbons (Fsp3) is 0.421. The molecule has 1 radical (unpaired) electrons. The lowest BCUT2D eigenvalue weighted by atomic mass is 9.99. The summed E-state index contributed by atoms with van der Waals surface area (Å²) in [5.74, 6) is -0.346. The van der Waals surface area contributed by atoms with Gasteiger partial charge in [-0.3, -0.25) is 0 Å². The van der Waals surface area contributed by atoms with Gasteiger partial charge < -0.3 is 4.74 Å². The van der Waals surface area contributed by atoms with Crippen LogP contribution in [-0.2, 0) is 9.94 Å². The summed E-state index contributed by atoms with van der Waals surface area (Å²) in [4.78, 5) is 12.8. The third kappa shape index (κ3) is 2.59. The van der Waals surface area contributed by atoms with Gasteiger partial charge in [0.1, 0.15) is 6.10 Å². The number of ether oxygens (including phenoxy) is 1. The average Bonchev–Trinajstić information content (AvgIpc) is 2.73. The van der Waals surface area contributed by atoms with E-state index in [9.17, 15) is 10.0 Å². The molecular formula is C19H19ClNO3. The SMILES string of the molecule is Cc1ccc2ccccc2c1C(=O)O[C@@H]1C[C@H]2C[C@H](Cl)C[C@@H]1N2[O]. The van der Waals surface area contributed by atoms with Crippen molar-refractivity contribution in [1.29, 1.82) is 0 Å². The number of esters is 1. The zero-order valence-electron chi connectivity index (χ0n) is 13.4. The van der Waals surface area contributed by atoms with Crippen LogP contribution in [0, 0.1) is 6.92 Å². The summed E-state index contributed by atoms with van der Waals surface area (Å²) in [7, 11) is 0. The first kappa shape index (κ1) is 15.9. The van der Waals surface area contributed by atoms with Crippen molar-refractivity contribution in [3.8, 4) is 0 Å². The zero-order valence-corrected chi connectivity index (χ0v) is 14.2. The Morgan fingerprint density at radius 2 is 1.96 bits per heavy atom. The maximum Gasteiger partial charge on any atom is 0.339 e. The van der Waals surface area contributed by atoms with Crippen LogP contribution in [0.3, 0.4) is 0 Å². The van der Waals surface area contributed by atoms with Crippen molar-refractivity contribution in [2.45, 2.75) is 49.8 Å². The Morgan fingerprint density at radius 1 is 1.17 bits per heavy atom. The van der Waals surface area contributed by atoms with E-state index >= 15 is 0 Å². The predicted octanol–water partition coefficient (Wildman–Crippen LogP) is 3.86. The topological polar surface area (TPSA) is 49.4 Å². The van der Waals surface area contributed by atoms with Crippen molar-refractivity contribution in [3.05, 3.63) is 47.5 Å². The van der Waals surface area contributed by atoms with Crippen LogP contribution < -0.4 is 0 Å². The zero-order chi connectivity index (χ0) is 16.8. The minimum atomic E-state index is -0.373. The summed E-state index contributed by atoms with van der Waals surface area (Å²) in [5, 5.41) is 15.2.